The molecule has 0 bridgehead atoms. The van der Waals surface area contributed by atoms with E-state index in [4.69, 9.17) is 5.14 Å². The van der Waals surface area contributed by atoms with Crippen LogP contribution in [-0.4, -0.2) is 22.9 Å². The fourth-order valence-corrected chi connectivity index (χ4v) is 5.97. The first-order valence-electron chi connectivity index (χ1n) is 6.45. The highest BCUT2D eigenvalue weighted by atomic mass is 32.2. The van der Waals surface area contributed by atoms with Crippen LogP contribution in [0.4, 0.5) is 5.69 Å². The topological polar surface area (TPSA) is 97.5 Å². The Bertz CT molecular complexity index is 918. The van der Waals surface area contributed by atoms with Gasteiger partial charge in [-0.15, -0.1) is 11.3 Å². The van der Waals surface area contributed by atoms with Gasteiger partial charge in [0.15, 0.2) is 0 Å². The van der Waals surface area contributed by atoms with Crippen molar-refractivity contribution in [2.75, 3.05) is 4.31 Å². The molecule has 9 heteroatoms. The maximum Gasteiger partial charge on any atom is 0.274 e. The molecule has 1 aliphatic heterocycles. The third kappa shape index (κ3) is 2.43. The Hall–Kier alpha value is -1.42. The van der Waals surface area contributed by atoms with Crippen LogP contribution in [0.3, 0.4) is 0 Å². The largest absolute Gasteiger partial charge is 0.274 e. The number of thiophene rings is 1. The monoisotopic (exact) mass is 358 g/mol. The van der Waals surface area contributed by atoms with E-state index in [1.54, 1.807) is 24.4 Å². The van der Waals surface area contributed by atoms with Crippen LogP contribution < -0.4 is 9.44 Å². The lowest BCUT2D eigenvalue weighted by Crippen LogP contribution is -2.35. The number of nitrogens with zero attached hydrogens (tertiary/aromatic N) is 1. The van der Waals surface area contributed by atoms with Crippen molar-refractivity contribution in [2.24, 2.45) is 5.14 Å². The van der Waals surface area contributed by atoms with Crippen molar-refractivity contribution in [2.45, 2.75) is 28.5 Å². The minimum absolute atomic E-state index is 0.00572. The Labute approximate surface area is 133 Å². The summed E-state index contributed by atoms with van der Waals surface area (Å²) in [5.74, 6) is 0. The third-order valence-corrected chi connectivity index (χ3v) is 7.75. The summed E-state index contributed by atoms with van der Waals surface area (Å²) in [4.78, 5) is -0.00572. The van der Waals surface area contributed by atoms with Crippen LogP contribution in [0.25, 0.3) is 0 Å². The molecule has 0 spiro atoms. The number of benzene rings is 1. The number of anilines is 1. The van der Waals surface area contributed by atoms with Crippen molar-refractivity contribution in [3.05, 3.63) is 41.3 Å². The number of nitrogens with two attached hydrogens (primary N) is 1. The first-order valence-corrected chi connectivity index (χ1v) is 10.3. The minimum atomic E-state index is -3.80. The number of sulfonamides is 2. The molecule has 0 saturated carbocycles. The Kier molecular flexibility index (Phi) is 3.55. The van der Waals surface area contributed by atoms with Crippen molar-refractivity contribution in [3.8, 4) is 0 Å². The standard InChI is InChI=1S/C13H14N2O4S3/c1-9-7-10-8-11(21(14,16)17)4-5-12(10)15(9)22(18,19)13-3-2-6-20-13/h2-6,8-9H,7H2,1H3,(H2,14,16,17)/t9-/m0/s1. The van der Waals surface area contributed by atoms with Crippen molar-refractivity contribution in [1.29, 1.82) is 0 Å². The molecule has 118 valence electrons. The quantitative estimate of drug-likeness (QED) is 0.900. The molecular formula is C13H14N2O4S3. The number of primary sulfonamides is 1. The molecule has 2 N–H and O–H groups in total. The molecule has 1 atom stereocenters. The summed E-state index contributed by atoms with van der Waals surface area (Å²) in [5.41, 5.74) is 1.17. The molecule has 0 fully saturated rings. The minimum Gasteiger partial charge on any atom is -0.262 e. The van der Waals surface area contributed by atoms with Crippen LogP contribution in [0.2, 0.25) is 0 Å². The van der Waals surface area contributed by atoms with Gasteiger partial charge in [-0.2, -0.15) is 0 Å². The Morgan fingerprint density at radius 1 is 1.23 bits per heavy atom. The highest BCUT2D eigenvalue weighted by molar-refractivity contribution is 7.94. The summed E-state index contributed by atoms with van der Waals surface area (Å²) >= 11 is 1.16. The molecule has 1 aromatic heterocycles. The Morgan fingerprint density at radius 2 is 1.95 bits per heavy atom. The van der Waals surface area contributed by atoms with Gasteiger partial charge in [0, 0.05) is 6.04 Å². The molecule has 6 nitrogen and oxygen atoms in total. The van der Waals surface area contributed by atoms with Crippen LogP contribution in [0.5, 0.6) is 0 Å². The fraction of sp³-hybridized carbons (Fsp3) is 0.231. The smallest absolute Gasteiger partial charge is 0.262 e. The van der Waals surface area contributed by atoms with E-state index in [-0.39, 0.29) is 15.1 Å². The summed E-state index contributed by atoms with van der Waals surface area (Å²) in [5, 5.41) is 6.83. The Balaban J connectivity index is 2.12. The predicted molar refractivity (Wildman–Crippen MR) is 85.0 cm³/mol. The first kappa shape index (κ1) is 15.5. The molecule has 22 heavy (non-hydrogen) atoms. The number of fused-ring (bicyclic) bond motifs is 1. The number of hydrogen-bond acceptors (Lipinski definition) is 5. The normalized spacial score (nSPS) is 18.5. The van der Waals surface area contributed by atoms with E-state index >= 15 is 0 Å². The molecule has 0 unspecified atom stereocenters. The van der Waals surface area contributed by atoms with Gasteiger partial charge in [-0.05, 0) is 48.6 Å². The molecule has 0 aliphatic carbocycles. The highest BCUT2D eigenvalue weighted by Crippen LogP contribution is 2.38. The second kappa shape index (κ2) is 5.05. The van der Waals surface area contributed by atoms with Crippen molar-refractivity contribution >= 4 is 37.1 Å². The lowest BCUT2D eigenvalue weighted by molar-refractivity contribution is 0.586. The third-order valence-electron chi connectivity index (χ3n) is 3.54. The van der Waals surface area contributed by atoms with E-state index < -0.39 is 20.0 Å². The van der Waals surface area contributed by atoms with Gasteiger partial charge in [-0.1, -0.05) is 6.07 Å². The van der Waals surface area contributed by atoms with E-state index in [2.05, 4.69) is 0 Å². The first-order chi connectivity index (χ1) is 10.2. The highest BCUT2D eigenvalue weighted by Gasteiger charge is 2.37. The van der Waals surface area contributed by atoms with Gasteiger partial charge >= 0.3 is 0 Å². The maximum atomic E-state index is 12.7. The number of rotatable bonds is 3. The van der Waals surface area contributed by atoms with Crippen LogP contribution in [-0.2, 0) is 26.5 Å². The molecule has 1 aromatic carbocycles. The average Bonchev–Trinajstić information content (AvgIpc) is 3.03. The summed E-state index contributed by atoms with van der Waals surface area (Å²) in [7, 11) is -7.44. The molecular weight excluding hydrogens is 344 g/mol. The van der Waals surface area contributed by atoms with Gasteiger partial charge in [-0.3, -0.25) is 4.31 Å². The second-order valence-electron chi connectivity index (χ2n) is 5.12. The number of hydrogen-bond donors (Lipinski definition) is 1. The zero-order chi connectivity index (χ0) is 16.1. The van der Waals surface area contributed by atoms with Crippen LogP contribution in [0.1, 0.15) is 12.5 Å². The molecule has 0 saturated heterocycles. The molecule has 0 amide bonds. The van der Waals surface area contributed by atoms with Crippen LogP contribution in [0, 0.1) is 0 Å². The van der Waals surface area contributed by atoms with E-state index in [1.165, 1.54) is 22.5 Å². The molecule has 0 radical (unpaired) electrons. The lowest BCUT2D eigenvalue weighted by atomic mass is 10.1. The van der Waals surface area contributed by atoms with Crippen LogP contribution >= 0.6 is 11.3 Å². The Morgan fingerprint density at radius 3 is 2.55 bits per heavy atom. The molecule has 2 aromatic rings. The van der Waals surface area contributed by atoms with Gasteiger partial charge < -0.3 is 0 Å². The summed E-state index contributed by atoms with van der Waals surface area (Å²) in [6.45, 7) is 1.79. The lowest BCUT2D eigenvalue weighted by Gasteiger charge is -2.23. The summed E-state index contributed by atoms with van der Waals surface area (Å²) in [6.07, 6.45) is 0.448. The van der Waals surface area contributed by atoms with E-state index in [0.29, 0.717) is 17.7 Å². The van der Waals surface area contributed by atoms with Crippen molar-refractivity contribution in [1.82, 2.24) is 0 Å². The molecule has 1 aliphatic rings. The van der Waals surface area contributed by atoms with Crippen molar-refractivity contribution < 1.29 is 16.8 Å². The van der Waals surface area contributed by atoms with E-state index in [9.17, 15) is 16.8 Å². The van der Waals surface area contributed by atoms with Gasteiger partial charge in [-0.25, -0.2) is 22.0 Å². The summed E-state index contributed by atoms with van der Waals surface area (Å²) < 4.78 is 50.0. The zero-order valence-corrected chi connectivity index (χ0v) is 14.1. The zero-order valence-electron chi connectivity index (χ0n) is 11.6. The van der Waals surface area contributed by atoms with Gasteiger partial charge in [0.25, 0.3) is 10.0 Å². The maximum absolute atomic E-state index is 12.7. The van der Waals surface area contributed by atoms with Gasteiger partial charge in [0.1, 0.15) is 4.21 Å². The average molecular weight is 358 g/mol. The molecule has 3 rings (SSSR count). The second-order valence-corrected chi connectivity index (χ2v) is 9.67. The van der Waals surface area contributed by atoms with Gasteiger partial charge in [0.2, 0.25) is 10.0 Å². The predicted octanol–water partition coefficient (Wildman–Crippen LogP) is 1.54. The van der Waals surface area contributed by atoms with E-state index in [0.717, 1.165) is 11.3 Å². The fourth-order valence-electron chi connectivity index (χ4n) is 2.63. The van der Waals surface area contributed by atoms with Gasteiger partial charge in [0.05, 0.1) is 10.6 Å². The van der Waals surface area contributed by atoms with E-state index in [1.807, 2.05) is 0 Å². The molecule has 2 heterocycles. The SMILES string of the molecule is C[C@H]1Cc2cc(S(N)(=O)=O)ccc2N1S(=O)(=O)c1cccs1. The summed E-state index contributed by atoms with van der Waals surface area (Å²) in [6, 6.07) is 7.25. The van der Waals surface area contributed by atoms with Crippen molar-refractivity contribution in [3.63, 3.8) is 0 Å². The van der Waals surface area contributed by atoms with Crippen LogP contribution in [0.15, 0.2) is 44.8 Å².